The zero-order chi connectivity index (χ0) is 34.2. The van der Waals surface area contributed by atoms with Crippen LogP contribution in [0.1, 0.15) is 27.0 Å². The summed E-state index contributed by atoms with van der Waals surface area (Å²) >= 11 is 0. The monoisotopic (exact) mass is 656 g/mol. The van der Waals surface area contributed by atoms with Crippen LogP contribution in [0.25, 0.3) is 0 Å². The molecule has 1 aromatic rings. The number of hydrogen-bond donors (Lipinski definition) is 6. The van der Waals surface area contributed by atoms with Gasteiger partial charge in [0.05, 0.1) is 6.54 Å². The Kier molecular flexibility index (Phi) is 10.4. The van der Waals surface area contributed by atoms with E-state index >= 15 is 0 Å². The highest BCUT2D eigenvalue weighted by molar-refractivity contribution is 5.95. The van der Waals surface area contributed by atoms with Gasteiger partial charge in [0.2, 0.25) is 5.91 Å². The summed E-state index contributed by atoms with van der Waals surface area (Å²) in [6.45, 7) is 4.31. The van der Waals surface area contributed by atoms with E-state index in [1.807, 2.05) is 4.98 Å². The van der Waals surface area contributed by atoms with Crippen LogP contribution in [-0.4, -0.2) is 151 Å². The summed E-state index contributed by atoms with van der Waals surface area (Å²) in [7, 11) is 2.65. The Labute approximate surface area is 261 Å². The fourth-order valence-corrected chi connectivity index (χ4v) is 5.35. The highest BCUT2D eigenvalue weighted by atomic mass is 16.7. The minimum atomic E-state index is -1.85. The fourth-order valence-electron chi connectivity index (χ4n) is 5.35. The molecular weight excluding hydrogens is 618 g/mol. The molecule has 0 aromatic carbocycles. The third-order valence-electron chi connectivity index (χ3n) is 7.65. The SMILES string of the molecule is CN1C(=O)[C@H]([C@H](OC2OC(CN=C([O-])OC(C)(C)C)C(O)C2O)C2OC(n3ccc(=O)[nH]c3=O)C(O)C2O)N(C)CC=C1C(=O)O. The first-order chi connectivity index (χ1) is 21.4. The predicted molar refractivity (Wildman–Crippen MR) is 151 cm³/mol. The van der Waals surface area contributed by atoms with Crippen molar-refractivity contribution in [3.05, 3.63) is 44.9 Å². The van der Waals surface area contributed by atoms with Crippen molar-refractivity contribution in [2.75, 3.05) is 27.2 Å². The molecule has 6 N–H and O–H groups in total. The van der Waals surface area contributed by atoms with Gasteiger partial charge in [-0.1, -0.05) is 20.8 Å². The van der Waals surface area contributed by atoms with Gasteiger partial charge in [0.15, 0.2) is 12.5 Å². The minimum absolute atomic E-state index is 0.121. The molecule has 2 fully saturated rings. The number of aliphatic carboxylic acids is 1. The summed E-state index contributed by atoms with van der Waals surface area (Å²) in [5.41, 5.74) is -2.92. The number of carboxylic acid groups (broad SMARTS) is 1. The van der Waals surface area contributed by atoms with E-state index < -0.39 is 103 Å². The molecule has 0 saturated carbocycles. The minimum Gasteiger partial charge on any atom is -0.595 e. The van der Waals surface area contributed by atoms with Crippen LogP contribution in [0.4, 0.5) is 0 Å². The van der Waals surface area contributed by atoms with Crippen LogP contribution >= 0.6 is 0 Å². The molecule has 0 bridgehead atoms. The zero-order valence-electron chi connectivity index (χ0n) is 25.6. The number of ether oxygens (including phenoxy) is 4. The number of carboxylic acids is 1. The molecule has 0 aliphatic carbocycles. The van der Waals surface area contributed by atoms with Crippen LogP contribution in [0.5, 0.6) is 0 Å². The van der Waals surface area contributed by atoms with Crippen molar-refractivity contribution >= 4 is 18.0 Å². The highest BCUT2D eigenvalue weighted by Crippen LogP contribution is 2.36. The van der Waals surface area contributed by atoms with E-state index in [1.165, 1.54) is 25.1 Å². The zero-order valence-corrected chi connectivity index (χ0v) is 25.6. The van der Waals surface area contributed by atoms with Crippen molar-refractivity contribution in [1.29, 1.82) is 0 Å². The van der Waals surface area contributed by atoms with E-state index in [2.05, 4.69) is 4.99 Å². The summed E-state index contributed by atoms with van der Waals surface area (Å²) in [6, 6.07) is -0.483. The molecule has 1 amide bonds. The van der Waals surface area contributed by atoms with Crippen molar-refractivity contribution in [1.82, 2.24) is 19.4 Å². The number of aliphatic hydroxyl groups is 4. The Morgan fingerprint density at radius 3 is 2.39 bits per heavy atom. The summed E-state index contributed by atoms with van der Waals surface area (Å²) in [4.78, 5) is 57.6. The molecule has 19 nitrogen and oxygen atoms in total. The molecule has 3 aliphatic rings. The number of carbonyl (C=O) groups is 2. The molecule has 0 radical (unpaired) electrons. The molecule has 256 valence electrons. The Morgan fingerprint density at radius 1 is 1.11 bits per heavy atom. The molecular formula is C27H38N5O14-. The van der Waals surface area contributed by atoms with E-state index in [0.717, 1.165) is 21.7 Å². The van der Waals surface area contributed by atoms with Crippen LogP contribution in [0, 0.1) is 0 Å². The number of H-pyrrole nitrogens is 1. The number of likely N-dealkylation sites (N-methyl/N-ethyl adjacent to an activating group) is 2. The second-order valence-corrected chi connectivity index (χ2v) is 12.1. The lowest BCUT2D eigenvalue weighted by Gasteiger charge is -2.38. The first kappa shape index (κ1) is 35.2. The molecule has 4 heterocycles. The Morgan fingerprint density at radius 2 is 1.78 bits per heavy atom. The Bertz CT molecular complexity index is 1470. The van der Waals surface area contributed by atoms with Gasteiger partial charge < -0.3 is 54.5 Å². The molecule has 3 aliphatic heterocycles. The standard InChI is InChI=1S/C27H39N5O14/c1-27(2,3)46-26(42)28-10-12-15(34)18(37)24(43-12)45-19(14-21(38)31(5)11(23(39)40)6-8-30(14)4)20-16(35)17(36)22(44-20)32-9-7-13(33)29-25(32)41/h6-7,9,12,14-20,22,24,34-37H,8,10H2,1-5H3,(H,28,42)(H,39,40)(H,29,33,41)/p-1/t12?,14-,15?,16?,17?,18?,19-,20?,22?,24?/m0/s1. The summed E-state index contributed by atoms with van der Waals surface area (Å²) < 4.78 is 23.5. The number of hydrogen-bond acceptors (Lipinski definition) is 15. The molecule has 1 aromatic heterocycles. The largest absolute Gasteiger partial charge is 0.595 e. The maximum Gasteiger partial charge on any atom is 0.352 e. The number of aromatic nitrogens is 2. The topological polar surface area (TPSA) is 269 Å². The third-order valence-corrected chi connectivity index (χ3v) is 7.65. The number of carbonyl (C=O) groups excluding carboxylic acids is 1. The van der Waals surface area contributed by atoms with Gasteiger partial charge in [-0.3, -0.25) is 29.0 Å². The lowest BCUT2D eigenvalue weighted by atomic mass is 9.97. The first-order valence-corrected chi connectivity index (χ1v) is 14.2. The van der Waals surface area contributed by atoms with Gasteiger partial charge in [0, 0.05) is 31.5 Å². The molecule has 10 atom stereocenters. The molecule has 0 spiro atoms. The van der Waals surface area contributed by atoms with Crippen LogP contribution in [0.15, 0.2) is 38.6 Å². The molecule has 4 rings (SSSR count). The van der Waals surface area contributed by atoms with Crippen molar-refractivity contribution in [3.63, 3.8) is 0 Å². The van der Waals surface area contributed by atoms with Gasteiger partial charge in [-0.2, -0.15) is 0 Å². The molecule has 19 heteroatoms. The number of aliphatic imine (C=N–C) groups is 1. The average Bonchev–Trinajstić information content (AvgIpc) is 3.35. The quantitative estimate of drug-likeness (QED) is 0.113. The number of aliphatic hydroxyl groups excluding tert-OH is 4. The van der Waals surface area contributed by atoms with E-state index in [0.29, 0.717) is 0 Å². The van der Waals surface area contributed by atoms with Crippen LogP contribution < -0.4 is 16.4 Å². The fraction of sp³-hybridized carbons (Fsp3) is 0.667. The normalized spacial score (nSPS) is 33.5. The Balaban J connectivity index is 1.68. The lowest BCUT2D eigenvalue weighted by Crippen LogP contribution is -2.59. The first-order valence-electron chi connectivity index (χ1n) is 14.2. The number of nitrogens with one attached hydrogen (secondary N) is 1. The van der Waals surface area contributed by atoms with Gasteiger partial charge in [-0.05, 0) is 13.1 Å². The van der Waals surface area contributed by atoms with Crippen LogP contribution in [-0.2, 0) is 28.5 Å². The summed E-state index contributed by atoms with van der Waals surface area (Å²) in [6.07, 6.45) is -13.6. The van der Waals surface area contributed by atoms with E-state index in [9.17, 15) is 49.8 Å². The van der Waals surface area contributed by atoms with E-state index in [4.69, 9.17) is 18.9 Å². The number of amides is 1. The van der Waals surface area contributed by atoms with Gasteiger partial charge in [-0.25, -0.2) is 9.59 Å². The average molecular weight is 657 g/mol. The lowest BCUT2D eigenvalue weighted by molar-refractivity contribution is -0.261. The van der Waals surface area contributed by atoms with Crippen LogP contribution in [0.3, 0.4) is 0 Å². The van der Waals surface area contributed by atoms with Gasteiger partial charge in [0.25, 0.3) is 5.56 Å². The molecule has 8 unspecified atom stereocenters. The van der Waals surface area contributed by atoms with Gasteiger partial charge in [-0.15, -0.1) is 0 Å². The maximum atomic E-state index is 13.8. The Hall–Kier alpha value is -3.69. The smallest absolute Gasteiger partial charge is 0.352 e. The second-order valence-electron chi connectivity index (χ2n) is 12.1. The van der Waals surface area contributed by atoms with Crippen molar-refractivity contribution in [2.24, 2.45) is 4.99 Å². The predicted octanol–water partition coefficient (Wildman–Crippen LogP) is -4.74. The highest BCUT2D eigenvalue weighted by Gasteiger charge is 2.55. The van der Waals surface area contributed by atoms with Crippen LogP contribution in [0.2, 0.25) is 0 Å². The number of nitrogens with zero attached hydrogens (tertiary/aromatic N) is 4. The van der Waals surface area contributed by atoms with Crippen molar-refractivity contribution < 1.29 is 59.2 Å². The summed E-state index contributed by atoms with van der Waals surface area (Å²) in [5.74, 6) is -2.25. The molecule has 2 saturated heterocycles. The van der Waals surface area contributed by atoms with E-state index in [1.54, 1.807) is 20.8 Å². The van der Waals surface area contributed by atoms with E-state index in [-0.39, 0.29) is 12.2 Å². The molecule has 46 heavy (non-hydrogen) atoms. The van der Waals surface area contributed by atoms with Crippen molar-refractivity contribution in [3.8, 4) is 0 Å². The third kappa shape index (κ3) is 7.31. The van der Waals surface area contributed by atoms with Crippen molar-refractivity contribution in [2.45, 2.75) is 87.7 Å². The number of rotatable bonds is 8. The second kappa shape index (κ2) is 13.6. The summed E-state index contributed by atoms with van der Waals surface area (Å²) in [5, 5.41) is 65.3. The van der Waals surface area contributed by atoms with Gasteiger partial charge >= 0.3 is 11.7 Å². The maximum absolute atomic E-state index is 13.8. The van der Waals surface area contributed by atoms with Gasteiger partial charge in [0.1, 0.15) is 60.6 Å². The number of aromatic amines is 1.